The van der Waals surface area contributed by atoms with Crippen LogP contribution in [0.5, 0.6) is 5.75 Å². The first-order chi connectivity index (χ1) is 5.29. The summed E-state index contributed by atoms with van der Waals surface area (Å²) in [4.78, 5) is 2.74. The van der Waals surface area contributed by atoms with E-state index in [1.54, 1.807) is 12.1 Å². The molecule has 0 bridgehead atoms. The minimum atomic E-state index is -0.402. The van der Waals surface area contributed by atoms with E-state index in [-0.39, 0.29) is 11.1 Å². The molecule has 0 saturated heterocycles. The molecule has 2 rings (SSSR count). The van der Waals surface area contributed by atoms with Gasteiger partial charge in [-0.3, -0.25) is 0 Å². The second-order valence-electron chi connectivity index (χ2n) is 2.34. The lowest BCUT2D eigenvalue weighted by Gasteiger charge is -1.90. The van der Waals surface area contributed by atoms with E-state index >= 15 is 0 Å². The highest BCUT2D eigenvalue weighted by molar-refractivity contribution is 5.86. The SMILES string of the molecule is Oc1c[nH]c2cccc(F)c12. The number of aromatic nitrogens is 1. The summed E-state index contributed by atoms with van der Waals surface area (Å²) in [5.41, 5.74) is 0.613. The van der Waals surface area contributed by atoms with Crippen LogP contribution >= 0.6 is 0 Å². The molecule has 11 heavy (non-hydrogen) atoms. The molecule has 1 aromatic carbocycles. The molecular formula is C8H6FNO. The van der Waals surface area contributed by atoms with Crippen LogP contribution in [0, 0.1) is 5.82 Å². The summed E-state index contributed by atoms with van der Waals surface area (Å²) in [5.74, 6) is -0.445. The Morgan fingerprint density at radius 2 is 2.18 bits per heavy atom. The highest BCUT2D eigenvalue weighted by atomic mass is 19.1. The van der Waals surface area contributed by atoms with E-state index in [4.69, 9.17) is 5.11 Å². The molecule has 0 atom stereocenters. The number of aromatic amines is 1. The van der Waals surface area contributed by atoms with Gasteiger partial charge in [-0.25, -0.2) is 4.39 Å². The highest BCUT2D eigenvalue weighted by Gasteiger charge is 2.05. The largest absolute Gasteiger partial charge is 0.506 e. The van der Waals surface area contributed by atoms with Crippen molar-refractivity contribution in [1.82, 2.24) is 4.98 Å². The van der Waals surface area contributed by atoms with Gasteiger partial charge in [-0.1, -0.05) is 6.07 Å². The first kappa shape index (κ1) is 6.22. The maximum Gasteiger partial charge on any atom is 0.143 e. The Morgan fingerprint density at radius 1 is 1.36 bits per heavy atom. The van der Waals surface area contributed by atoms with E-state index in [9.17, 15) is 4.39 Å². The summed E-state index contributed by atoms with van der Waals surface area (Å²) in [7, 11) is 0. The molecule has 3 heteroatoms. The van der Waals surface area contributed by atoms with Gasteiger partial charge < -0.3 is 10.1 Å². The molecule has 0 amide bonds. The Hall–Kier alpha value is -1.51. The molecule has 0 unspecified atom stereocenters. The molecule has 0 aliphatic heterocycles. The molecule has 0 radical (unpaired) electrons. The molecule has 1 heterocycles. The van der Waals surface area contributed by atoms with E-state index in [1.165, 1.54) is 12.3 Å². The van der Waals surface area contributed by atoms with Gasteiger partial charge in [0.25, 0.3) is 0 Å². The predicted molar refractivity (Wildman–Crippen MR) is 39.9 cm³/mol. The Kier molecular flexibility index (Phi) is 1.12. The fraction of sp³-hybridized carbons (Fsp3) is 0. The zero-order chi connectivity index (χ0) is 7.84. The van der Waals surface area contributed by atoms with Crippen LogP contribution in [-0.4, -0.2) is 10.1 Å². The highest BCUT2D eigenvalue weighted by Crippen LogP contribution is 2.25. The molecule has 56 valence electrons. The molecule has 1 aromatic heterocycles. The molecule has 2 N–H and O–H groups in total. The minimum absolute atomic E-state index is 0.0434. The fourth-order valence-electron chi connectivity index (χ4n) is 1.12. The Labute approximate surface area is 62.3 Å². The minimum Gasteiger partial charge on any atom is -0.506 e. The van der Waals surface area contributed by atoms with Crippen molar-refractivity contribution in [1.29, 1.82) is 0 Å². The van der Waals surface area contributed by atoms with E-state index in [0.717, 1.165) is 0 Å². The predicted octanol–water partition coefficient (Wildman–Crippen LogP) is 2.01. The zero-order valence-corrected chi connectivity index (χ0v) is 5.63. The van der Waals surface area contributed by atoms with Gasteiger partial charge in [0, 0.05) is 6.20 Å². The Balaban J connectivity index is 2.96. The van der Waals surface area contributed by atoms with Gasteiger partial charge in [-0.2, -0.15) is 0 Å². The lowest BCUT2D eigenvalue weighted by Crippen LogP contribution is -1.73. The molecule has 0 saturated carbocycles. The molecule has 0 fully saturated rings. The maximum absolute atomic E-state index is 12.9. The monoisotopic (exact) mass is 151 g/mol. The van der Waals surface area contributed by atoms with Crippen LogP contribution < -0.4 is 0 Å². The summed E-state index contributed by atoms with van der Waals surface area (Å²) < 4.78 is 12.9. The van der Waals surface area contributed by atoms with Gasteiger partial charge in [0.15, 0.2) is 0 Å². The number of aromatic hydroxyl groups is 1. The molecule has 0 aliphatic rings. The van der Waals surface area contributed by atoms with E-state index in [1.807, 2.05) is 0 Å². The number of halogens is 1. The average Bonchev–Trinajstić information content (AvgIpc) is 2.34. The van der Waals surface area contributed by atoms with Crippen molar-refractivity contribution in [2.45, 2.75) is 0 Å². The van der Waals surface area contributed by atoms with Crippen molar-refractivity contribution < 1.29 is 9.50 Å². The third-order valence-corrected chi connectivity index (χ3v) is 1.63. The van der Waals surface area contributed by atoms with Crippen LogP contribution in [0.25, 0.3) is 10.9 Å². The number of hydrogen-bond acceptors (Lipinski definition) is 1. The number of H-pyrrole nitrogens is 1. The summed E-state index contributed by atoms with van der Waals surface area (Å²) >= 11 is 0. The smallest absolute Gasteiger partial charge is 0.143 e. The zero-order valence-electron chi connectivity index (χ0n) is 5.63. The van der Waals surface area contributed by atoms with Gasteiger partial charge in [0.1, 0.15) is 11.6 Å². The van der Waals surface area contributed by atoms with Gasteiger partial charge >= 0.3 is 0 Å². The van der Waals surface area contributed by atoms with Crippen molar-refractivity contribution in [3.8, 4) is 5.75 Å². The van der Waals surface area contributed by atoms with Crippen molar-refractivity contribution >= 4 is 10.9 Å². The summed E-state index contributed by atoms with van der Waals surface area (Å²) in [5, 5.41) is 9.38. The molecule has 0 aliphatic carbocycles. The van der Waals surface area contributed by atoms with Crippen LogP contribution in [0.1, 0.15) is 0 Å². The Bertz CT molecular complexity index is 394. The van der Waals surface area contributed by atoms with Crippen LogP contribution in [0.15, 0.2) is 24.4 Å². The molecular weight excluding hydrogens is 145 g/mol. The molecule has 2 nitrogen and oxygen atoms in total. The van der Waals surface area contributed by atoms with E-state index in [2.05, 4.69) is 4.98 Å². The third kappa shape index (κ3) is 0.774. The van der Waals surface area contributed by atoms with Crippen LogP contribution in [-0.2, 0) is 0 Å². The van der Waals surface area contributed by atoms with E-state index in [0.29, 0.717) is 5.52 Å². The van der Waals surface area contributed by atoms with Crippen molar-refractivity contribution in [3.05, 3.63) is 30.2 Å². The van der Waals surface area contributed by atoms with Crippen LogP contribution in [0.2, 0.25) is 0 Å². The third-order valence-electron chi connectivity index (χ3n) is 1.63. The van der Waals surface area contributed by atoms with Gasteiger partial charge in [-0.15, -0.1) is 0 Å². The van der Waals surface area contributed by atoms with Crippen molar-refractivity contribution in [3.63, 3.8) is 0 Å². The maximum atomic E-state index is 12.9. The average molecular weight is 151 g/mol. The lowest BCUT2D eigenvalue weighted by molar-refractivity contribution is 0.479. The molecule has 0 spiro atoms. The van der Waals surface area contributed by atoms with Crippen molar-refractivity contribution in [2.24, 2.45) is 0 Å². The second-order valence-corrected chi connectivity index (χ2v) is 2.34. The van der Waals surface area contributed by atoms with Crippen LogP contribution in [0.4, 0.5) is 4.39 Å². The summed E-state index contributed by atoms with van der Waals surface area (Å²) in [6, 6.07) is 4.61. The number of benzene rings is 1. The van der Waals surface area contributed by atoms with Crippen LogP contribution in [0.3, 0.4) is 0 Å². The fourth-order valence-corrected chi connectivity index (χ4v) is 1.12. The second kappa shape index (κ2) is 1.99. The van der Waals surface area contributed by atoms with Gasteiger partial charge in [0.05, 0.1) is 10.9 Å². The number of fused-ring (bicyclic) bond motifs is 1. The van der Waals surface area contributed by atoms with E-state index < -0.39 is 5.82 Å². The first-order valence-electron chi connectivity index (χ1n) is 3.23. The van der Waals surface area contributed by atoms with Crippen molar-refractivity contribution in [2.75, 3.05) is 0 Å². The normalized spacial score (nSPS) is 10.6. The lowest BCUT2D eigenvalue weighted by atomic mass is 10.2. The van der Waals surface area contributed by atoms with Gasteiger partial charge in [0.2, 0.25) is 0 Å². The number of nitrogens with one attached hydrogen (secondary N) is 1. The topological polar surface area (TPSA) is 36.0 Å². The Morgan fingerprint density at radius 3 is 2.91 bits per heavy atom. The summed E-state index contributed by atoms with van der Waals surface area (Å²) in [6.45, 7) is 0. The number of hydrogen-bond donors (Lipinski definition) is 2. The number of rotatable bonds is 0. The molecule has 2 aromatic rings. The summed E-state index contributed by atoms with van der Waals surface area (Å²) in [6.07, 6.45) is 1.37. The quantitative estimate of drug-likeness (QED) is 0.593. The van der Waals surface area contributed by atoms with Gasteiger partial charge in [-0.05, 0) is 12.1 Å². The first-order valence-corrected chi connectivity index (χ1v) is 3.23. The standard InChI is InChI=1S/C8H6FNO/c9-5-2-1-3-6-8(5)7(11)4-10-6/h1-4,10-11H.